The molecule has 0 bridgehead atoms. The average Bonchev–Trinajstić information content (AvgIpc) is 2.22. The Morgan fingerprint density at radius 2 is 2.06 bits per heavy atom. The minimum Gasteiger partial charge on any atom is -0.480 e. The zero-order valence-electron chi connectivity index (χ0n) is 11.0. The Labute approximate surface area is 98.8 Å². The van der Waals surface area contributed by atoms with E-state index in [0.29, 0.717) is 12.5 Å². The second kappa shape index (κ2) is 6.86. The molecular weight excluding hydrogens is 204 g/mol. The molecule has 3 N–H and O–H groups in total. The molecule has 0 aliphatic carbocycles. The van der Waals surface area contributed by atoms with Crippen LogP contribution in [-0.2, 0) is 4.79 Å². The van der Waals surface area contributed by atoms with Crippen LogP contribution in [0.1, 0.15) is 46.5 Å². The van der Waals surface area contributed by atoms with E-state index in [9.17, 15) is 4.79 Å². The van der Waals surface area contributed by atoms with Gasteiger partial charge in [0.15, 0.2) is 0 Å². The van der Waals surface area contributed by atoms with Gasteiger partial charge in [0.25, 0.3) is 0 Å². The van der Waals surface area contributed by atoms with Crippen LogP contribution in [0, 0.1) is 0 Å². The number of hydrogen-bond acceptors (Lipinski definition) is 3. The van der Waals surface area contributed by atoms with Crippen molar-refractivity contribution in [2.75, 3.05) is 13.6 Å². The lowest BCUT2D eigenvalue weighted by Crippen LogP contribution is -2.44. The number of carboxylic acid groups (broad SMARTS) is 1. The smallest absolute Gasteiger partial charge is 0.323 e. The zero-order chi connectivity index (χ0) is 12.8. The number of rotatable bonds is 8. The van der Waals surface area contributed by atoms with Gasteiger partial charge >= 0.3 is 5.97 Å². The van der Waals surface area contributed by atoms with Crippen LogP contribution in [0.3, 0.4) is 0 Å². The molecule has 0 saturated heterocycles. The largest absolute Gasteiger partial charge is 0.480 e. The molecule has 0 amide bonds. The fourth-order valence-electron chi connectivity index (χ4n) is 1.49. The molecule has 0 rings (SSSR count). The van der Waals surface area contributed by atoms with Gasteiger partial charge in [-0.1, -0.05) is 6.92 Å². The highest BCUT2D eigenvalue weighted by atomic mass is 16.4. The highest BCUT2D eigenvalue weighted by Gasteiger charge is 2.26. The van der Waals surface area contributed by atoms with Crippen LogP contribution in [0.25, 0.3) is 0 Å². The Kier molecular flexibility index (Phi) is 6.60. The molecule has 0 aromatic carbocycles. The minimum absolute atomic E-state index is 0.538. The van der Waals surface area contributed by atoms with E-state index in [4.69, 9.17) is 10.8 Å². The summed E-state index contributed by atoms with van der Waals surface area (Å²) >= 11 is 0. The SMILES string of the molecule is CCC(C)N(C)CCCCC(C)(N)C(=O)O. The third-order valence-corrected chi connectivity index (χ3v) is 3.29. The molecule has 2 unspecified atom stereocenters. The van der Waals surface area contributed by atoms with Gasteiger partial charge in [-0.2, -0.15) is 0 Å². The van der Waals surface area contributed by atoms with Crippen molar-refractivity contribution in [3.05, 3.63) is 0 Å². The quantitative estimate of drug-likeness (QED) is 0.623. The Hall–Kier alpha value is -0.610. The van der Waals surface area contributed by atoms with E-state index in [0.717, 1.165) is 25.8 Å². The van der Waals surface area contributed by atoms with Crippen molar-refractivity contribution in [1.82, 2.24) is 4.90 Å². The Bertz CT molecular complexity index is 217. The molecule has 0 aliphatic heterocycles. The lowest BCUT2D eigenvalue weighted by molar-refractivity contribution is -0.142. The van der Waals surface area contributed by atoms with Gasteiger partial charge in [-0.3, -0.25) is 4.79 Å². The molecule has 4 heteroatoms. The van der Waals surface area contributed by atoms with Crippen LogP contribution in [0.2, 0.25) is 0 Å². The van der Waals surface area contributed by atoms with E-state index in [2.05, 4.69) is 25.8 Å². The van der Waals surface area contributed by atoms with E-state index in [1.807, 2.05) is 0 Å². The highest BCUT2D eigenvalue weighted by Crippen LogP contribution is 2.12. The molecular formula is C12H26N2O2. The van der Waals surface area contributed by atoms with E-state index in [1.54, 1.807) is 6.92 Å². The van der Waals surface area contributed by atoms with Crippen molar-refractivity contribution < 1.29 is 9.90 Å². The van der Waals surface area contributed by atoms with Crippen LogP contribution < -0.4 is 5.73 Å². The first-order chi connectivity index (χ1) is 7.31. The fourth-order valence-corrected chi connectivity index (χ4v) is 1.49. The molecule has 0 radical (unpaired) electrons. The number of aliphatic carboxylic acids is 1. The van der Waals surface area contributed by atoms with Crippen molar-refractivity contribution in [2.24, 2.45) is 5.73 Å². The van der Waals surface area contributed by atoms with Crippen molar-refractivity contribution in [1.29, 1.82) is 0 Å². The Morgan fingerprint density at radius 1 is 1.50 bits per heavy atom. The summed E-state index contributed by atoms with van der Waals surface area (Å²) in [6, 6.07) is 0.587. The topological polar surface area (TPSA) is 66.6 Å². The maximum atomic E-state index is 10.8. The van der Waals surface area contributed by atoms with E-state index in [1.165, 1.54) is 0 Å². The first-order valence-corrected chi connectivity index (χ1v) is 6.03. The second-order valence-electron chi connectivity index (χ2n) is 4.92. The van der Waals surface area contributed by atoms with Gasteiger partial charge in [-0.15, -0.1) is 0 Å². The van der Waals surface area contributed by atoms with Gasteiger partial charge in [-0.25, -0.2) is 0 Å². The third-order valence-electron chi connectivity index (χ3n) is 3.29. The summed E-state index contributed by atoms with van der Waals surface area (Å²) in [5.74, 6) is -0.914. The minimum atomic E-state index is -1.07. The van der Waals surface area contributed by atoms with Gasteiger partial charge in [-0.05, 0) is 53.1 Å². The lowest BCUT2D eigenvalue weighted by Gasteiger charge is -2.24. The van der Waals surface area contributed by atoms with Gasteiger partial charge in [0, 0.05) is 6.04 Å². The molecule has 4 nitrogen and oxygen atoms in total. The maximum Gasteiger partial charge on any atom is 0.323 e. The molecule has 0 aromatic heterocycles. The van der Waals surface area contributed by atoms with Gasteiger partial charge in [0.2, 0.25) is 0 Å². The maximum absolute atomic E-state index is 10.8. The van der Waals surface area contributed by atoms with Crippen molar-refractivity contribution in [3.63, 3.8) is 0 Å². The first kappa shape index (κ1) is 15.4. The summed E-state index contributed by atoms with van der Waals surface area (Å²) in [7, 11) is 2.10. The average molecular weight is 230 g/mol. The van der Waals surface area contributed by atoms with Crippen molar-refractivity contribution >= 4 is 5.97 Å². The van der Waals surface area contributed by atoms with E-state index < -0.39 is 11.5 Å². The normalized spacial score (nSPS) is 17.1. The number of carbonyl (C=O) groups is 1. The van der Waals surface area contributed by atoms with Gasteiger partial charge in [0.05, 0.1) is 0 Å². The lowest BCUT2D eigenvalue weighted by atomic mass is 9.96. The van der Waals surface area contributed by atoms with Crippen LogP contribution >= 0.6 is 0 Å². The first-order valence-electron chi connectivity index (χ1n) is 6.03. The van der Waals surface area contributed by atoms with E-state index >= 15 is 0 Å². The summed E-state index contributed by atoms with van der Waals surface area (Å²) in [5, 5.41) is 8.84. The molecule has 16 heavy (non-hydrogen) atoms. The number of carboxylic acids is 1. The Morgan fingerprint density at radius 3 is 2.50 bits per heavy atom. The predicted octanol–water partition coefficient (Wildman–Crippen LogP) is 1.69. The molecule has 0 aromatic rings. The molecule has 0 aliphatic rings. The highest BCUT2D eigenvalue weighted by molar-refractivity contribution is 5.77. The summed E-state index contributed by atoms with van der Waals surface area (Å²) in [4.78, 5) is 13.1. The summed E-state index contributed by atoms with van der Waals surface area (Å²) < 4.78 is 0. The second-order valence-corrected chi connectivity index (χ2v) is 4.92. The molecule has 96 valence electrons. The van der Waals surface area contributed by atoms with E-state index in [-0.39, 0.29) is 0 Å². The van der Waals surface area contributed by atoms with Crippen LogP contribution in [0.15, 0.2) is 0 Å². The van der Waals surface area contributed by atoms with Gasteiger partial charge < -0.3 is 15.7 Å². The molecule has 0 fully saturated rings. The Balaban J connectivity index is 3.72. The summed E-state index contributed by atoms with van der Waals surface area (Å²) in [5.41, 5.74) is 4.57. The monoisotopic (exact) mass is 230 g/mol. The van der Waals surface area contributed by atoms with Crippen molar-refractivity contribution in [2.45, 2.75) is 58.0 Å². The number of nitrogens with zero attached hydrogens (tertiary/aromatic N) is 1. The van der Waals surface area contributed by atoms with Crippen LogP contribution in [-0.4, -0.2) is 41.1 Å². The molecule has 0 heterocycles. The standard InChI is InChI=1S/C12H26N2O2/c1-5-10(2)14(4)9-7-6-8-12(3,13)11(15)16/h10H,5-9,13H2,1-4H3,(H,15,16). The zero-order valence-corrected chi connectivity index (χ0v) is 11.0. The number of unbranched alkanes of at least 4 members (excludes halogenated alkanes) is 1. The predicted molar refractivity (Wildman–Crippen MR) is 66.5 cm³/mol. The number of nitrogens with two attached hydrogens (primary N) is 1. The van der Waals surface area contributed by atoms with Gasteiger partial charge in [0.1, 0.15) is 5.54 Å². The molecule has 0 spiro atoms. The summed E-state index contributed by atoms with van der Waals surface area (Å²) in [6.45, 7) is 6.95. The molecule has 2 atom stereocenters. The number of hydrogen-bond donors (Lipinski definition) is 2. The summed E-state index contributed by atoms with van der Waals surface area (Å²) in [6.07, 6.45) is 3.54. The third kappa shape index (κ3) is 5.47. The molecule has 0 saturated carbocycles. The van der Waals surface area contributed by atoms with Crippen LogP contribution in [0.5, 0.6) is 0 Å². The fraction of sp³-hybridized carbons (Fsp3) is 0.917. The van der Waals surface area contributed by atoms with Crippen molar-refractivity contribution in [3.8, 4) is 0 Å². The van der Waals surface area contributed by atoms with Crippen LogP contribution in [0.4, 0.5) is 0 Å².